The van der Waals surface area contributed by atoms with Gasteiger partial charge in [-0.05, 0) is 0 Å². The monoisotopic (exact) mass is 108 g/mol. The van der Waals surface area contributed by atoms with E-state index in [1.54, 1.807) is 0 Å². The summed E-state index contributed by atoms with van der Waals surface area (Å²) < 4.78 is 9.08. The standard InChI is InChI=1S/C4N2O2/c1-3-4(8-5-1)2-6-7-3. The average Bonchev–Trinajstić information content (AvgIpc) is 2.15. The highest BCUT2D eigenvalue weighted by atomic mass is 16.5. The molecule has 2 rings (SSSR count). The highest BCUT2D eigenvalue weighted by molar-refractivity contribution is 5.65. The largest absolute Gasteiger partial charge is 0.349 e. The molecule has 0 bridgehead atoms. The molecule has 0 fully saturated rings. The molecule has 2 radical (unpaired) electrons. The van der Waals surface area contributed by atoms with Gasteiger partial charge < -0.3 is 9.05 Å². The minimum Gasteiger partial charge on any atom is -0.349 e. The number of hydrogen-bond donors (Lipinski definition) is 0. The lowest BCUT2D eigenvalue weighted by atomic mass is 10.6. The molecule has 0 aliphatic rings. The van der Waals surface area contributed by atoms with Crippen LogP contribution in [0.15, 0.2) is 9.05 Å². The van der Waals surface area contributed by atoms with Crippen LogP contribution in [0.25, 0.3) is 11.2 Å². The third-order valence-electron chi connectivity index (χ3n) is 0.774. The molecule has 0 aliphatic heterocycles. The van der Waals surface area contributed by atoms with Crippen LogP contribution >= 0.6 is 0 Å². The van der Waals surface area contributed by atoms with Crippen LogP contribution in [0.3, 0.4) is 0 Å². The van der Waals surface area contributed by atoms with Crippen LogP contribution in [0.4, 0.5) is 0 Å². The van der Waals surface area contributed by atoms with Crippen LogP contribution in [0.1, 0.15) is 0 Å². The Kier molecular flexibility index (Phi) is 0.498. The van der Waals surface area contributed by atoms with E-state index in [1.807, 2.05) is 0 Å². The fraction of sp³-hybridized carbons (Fsp3) is 0. The first-order valence-electron chi connectivity index (χ1n) is 1.97. The van der Waals surface area contributed by atoms with Crippen molar-refractivity contribution in [3.05, 3.63) is 12.4 Å². The molecule has 0 atom stereocenters. The molecule has 4 nitrogen and oxygen atoms in total. The minimum absolute atomic E-state index is 0.407. The van der Waals surface area contributed by atoms with E-state index < -0.39 is 0 Å². The van der Waals surface area contributed by atoms with Crippen molar-refractivity contribution in [2.24, 2.45) is 0 Å². The number of aromatic nitrogens is 2. The molecule has 4 heteroatoms. The highest BCUT2D eigenvalue weighted by Gasteiger charge is 2.01. The smallest absolute Gasteiger partial charge is 0.237 e. The molecule has 8 heavy (non-hydrogen) atoms. The predicted octanol–water partition coefficient (Wildman–Crippen LogP) is 0.416. The van der Waals surface area contributed by atoms with Crippen LogP contribution in [0, 0.1) is 12.4 Å². The summed E-state index contributed by atoms with van der Waals surface area (Å²) in [5, 5.41) is 6.59. The molecular formula is C4N2O2. The highest BCUT2D eigenvalue weighted by Crippen LogP contribution is 2.07. The lowest BCUT2D eigenvalue weighted by Crippen LogP contribution is -1.51. The molecule has 0 aromatic carbocycles. The Morgan fingerprint density at radius 1 is 1.00 bits per heavy atom. The summed E-state index contributed by atoms with van der Waals surface area (Å²) in [5.41, 5.74) is 0.815. The van der Waals surface area contributed by atoms with Crippen molar-refractivity contribution in [3.8, 4) is 0 Å². The van der Waals surface area contributed by atoms with E-state index >= 15 is 0 Å². The Morgan fingerprint density at radius 2 is 1.50 bits per heavy atom. The van der Waals surface area contributed by atoms with E-state index in [1.165, 1.54) is 0 Å². The summed E-state index contributed by atoms with van der Waals surface area (Å²) in [4.78, 5) is 0. The van der Waals surface area contributed by atoms with Gasteiger partial charge in [0.1, 0.15) is 0 Å². The molecule has 0 unspecified atom stereocenters. The Balaban J connectivity index is 3.06. The van der Waals surface area contributed by atoms with Gasteiger partial charge >= 0.3 is 0 Å². The van der Waals surface area contributed by atoms with Gasteiger partial charge in [-0.2, -0.15) is 0 Å². The van der Waals surface area contributed by atoms with Crippen molar-refractivity contribution in [3.63, 3.8) is 0 Å². The Hall–Kier alpha value is -1.32. The predicted molar refractivity (Wildman–Crippen MR) is 21.7 cm³/mol. The SMILES string of the molecule is [c]1noc2[c]noc12. The van der Waals surface area contributed by atoms with Crippen LogP contribution in [-0.2, 0) is 0 Å². The fourth-order valence-corrected chi connectivity index (χ4v) is 0.445. The first-order valence-corrected chi connectivity index (χ1v) is 1.97. The summed E-state index contributed by atoms with van der Waals surface area (Å²) in [6.45, 7) is 0. The lowest BCUT2D eigenvalue weighted by Gasteiger charge is -1.56. The van der Waals surface area contributed by atoms with Gasteiger partial charge in [-0.25, -0.2) is 0 Å². The molecule has 2 heterocycles. The maximum Gasteiger partial charge on any atom is 0.237 e. The molecule has 0 spiro atoms. The van der Waals surface area contributed by atoms with E-state index in [4.69, 9.17) is 0 Å². The Labute approximate surface area is 44.0 Å². The normalized spacial score (nSPS) is 10.5. The Morgan fingerprint density at radius 3 is 2.00 bits per heavy atom. The first-order chi connectivity index (χ1) is 3.97. The van der Waals surface area contributed by atoms with E-state index in [-0.39, 0.29) is 0 Å². The molecule has 0 aliphatic carbocycles. The second kappa shape index (κ2) is 1.09. The van der Waals surface area contributed by atoms with E-state index in [0.29, 0.717) is 11.2 Å². The molecule has 0 saturated heterocycles. The summed E-state index contributed by atoms with van der Waals surface area (Å²) in [5.74, 6) is 0. The van der Waals surface area contributed by atoms with Gasteiger partial charge in [0.25, 0.3) is 0 Å². The van der Waals surface area contributed by atoms with Crippen LogP contribution in [0.2, 0.25) is 0 Å². The van der Waals surface area contributed by atoms with Crippen molar-refractivity contribution >= 4 is 11.2 Å². The summed E-state index contributed by atoms with van der Waals surface area (Å²) in [7, 11) is 0. The van der Waals surface area contributed by atoms with E-state index in [0.717, 1.165) is 0 Å². The number of nitrogens with zero attached hydrogens (tertiary/aromatic N) is 2. The molecule has 0 saturated carbocycles. The van der Waals surface area contributed by atoms with Gasteiger partial charge in [0, 0.05) is 0 Å². The molecule has 38 valence electrons. The van der Waals surface area contributed by atoms with Gasteiger partial charge in [0.15, 0.2) is 12.4 Å². The zero-order valence-electron chi connectivity index (χ0n) is 3.71. The number of fused-ring (bicyclic) bond motifs is 1. The van der Waals surface area contributed by atoms with Crippen molar-refractivity contribution in [1.82, 2.24) is 10.3 Å². The Bertz CT molecular complexity index is 233. The second-order valence-electron chi connectivity index (χ2n) is 1.25. The van der Waals surface area contributed by atoms with E-state index in [9.17, 15) is 0 Å². The zero-order valence-corrected chi connectivity index (χ0v) is 3.71. The average molecular weight is 108 g/mol. The third kappa shape index (κ3) is 0.294. The van der Waals surface area contributed by atoms with Gasteiger partial charge in [-0.1, -0.05) is 10.3 Å². The van der Waals surface area contributed by atoms with Crippen molar-refractivity contribution in [2.45, 2.75) is 0 Å². The fourth-order valence-electron chi connectivity index (χ4n) is 0.445. The molecule has 0 N–H and O–H groups in total. The quantitative estimate of drug-likeness (QED) is 0.490. The van der Waals surface area contributed by atoms with E-state index in [2.05, 4.69) is 31.8 Å². The summed E-state index contributed by atoms with van der Waals surface area (Å²) in [6, 6.07) is 0. The third-order valence-corrected chi connectivity index (χ3v) is 0.774. The maximum absolute atomic E-state index is 4.54. The van der Waals surface area contributed by atoms with Gasteiger partial charge in [0.2, 0.25) is 11.2 Å². The van der Waals surface area contributed by atoms with Gasteiger partial charge in [-0.15, -0.1) is 0 Å². The van der Waals surface area contributed by atoms with Crippen molar-refractivity contribution in [1.29, 1.82) is 0 Å². The summed E-state index contributed by atoms with van der Waals surface area (Å²) in [6.07, 6.45) is 4.84. The molecule has 2 aromatic heterocycles. The topological polar surface area (TPSA) is 52.1 Å². The second-order valence-corrected chi connectivity index (χ2v) is 1.25. The first kappa shape index (κ1) is 3.65. The van der Waals surface area contributed by atoms with Gasteiger partial charge in [0.05, 0.1) is 0 Å². The number of hydrogen-bond acceptors (Lipinski definition) is 4. The van der Waals surface area contributed by atoms with Crippen molar-refractivity contribution < 1.29 is 9.05 Å². The van der Waals surface area contributed by atoms with Crippen LogP contribution in [-0.4, -0.2) is 10.3 Å². The van der Waals surface area contributed by atoms with Gasteiger partial charge in [-0.3, -0.25) is 0 Å². The maximum atomic E-state index is 4.54. The lowest BCUT2D eigenvalue weighted by molar-refractivity contribution is 0.442. The van der Waals surface area contributed by atoms with Crippen LogP contribution in [0.5, 0.6) is 0 Å². The van der Waals surface area contributed by atoms with Crippen LogP contribution < -0.4 is 0 Å². The number of rotatable bonds is 0. The summed E-state index contributed by atoms with van der Waals surface area (Å²) >= 11 is 0. The molecule has 0 amide bonds. The molecular weight excluding hydrogens is 108 g/mol. The molecule has 2 aromatic rings. The van der Waals surface area contributed by atoms with Crippen molar-refractivity contribution in [2.75, 3.05) is 0 Å². The minimum atomic E-state index is 0.407. The zero-order chi connectivity index (χ0) is 5.40.